The second kappa shape index (κ2) is 4.43. The molecule has 0 aliphatic heterocycles. The van der Waals surface area contributed by atoms with Gasteiger partial charge in [-0.15, -0.1) is 0 Å². The van der Waals surface area contributed by atoms with E-state index in [0.717, 1.165) is 0 Å². The smallest absolute Gasteiger partial charge is 0.312 e. The molecule has 1 aliphatic rings. The molecule has 0 radical (unpaired) electrons. The third-order valence-corrected chi connectivity index (χ3v) is 2.91. The van der Waals surface area contributed by atoms with Crippen LogP contribution in [-0.2, 0) is 19.1 Å². The summed E-state index contributed by atoms with van der Waals surface area (Å²) >= 11 is 5.57. The third-order valence-electron chi connectivity index (χ3n) is 2.56. The van der Waals surface area contributed by atoms with Gasteiger partial charge >= 0.3 is 5.97 Å². The fourth-order valence-electron chi connectivity index (χ4n) is 1.55. The molecular formula is C10H13ClO5. The first kappa shape index (κ1) is 13.0. The molecule has 0 amide bonds. The maximum atomic E-state index is 11.5. The number of methoxy groups -OCH3 is 1. The van der Waals surface area contributed by atoms with Gasteiger partial charge in [-0.05, 0) is 13.8 Å². The van der Waals surface area contributed by atoms with E-state index in [9.17, 15) is 14.7 Å². The van der Waals surface area contributed by atoms with Crippen molar-refractivity contribution in [1.29, 1.82) is 0 Å². The van der Waals surface area contributed by atoms with Gasteiger partial charge in [0.1, 0.15) is 5.03 Å². The van der Waals surface area contributed by atoms with Crippen LogP contribution in [0.1, 0.15) is 13.8 Å². The lowest BCUT2D eigenvalue weighted by Gasteiger charge is -2.38. The molecule has 0 spiro atoms. The van der Waals surface area contributed by atoms with Crippen molar-refractivity contribution in [2.45, 2.75) is 19.4 Å². The molecule has 0 bridgehead atoms. The molecule has 2 atom stereocenters. The normalized spacial score (nSPS) is 26.2. The predicted octanol–water partition coefficient (Wildman–Crippen LogP) is 0.596. The van der Waals surface area contributed by atoms with E-state index in [1.807, 2.05) is 0 Å². The number of rotatable bonds is 4. The average Bonchev–Trinajstić information content (AvgIpc) is 2.28. The summed E-state index contributed by atoms with van der Waals surface area (Å²) < 4.78 is 9.53. The maximum absolute atomic E-state index is 11.5. The Morgan fingerprint density at radius 3 is 2.62 bits per heavy atom. The van der Waals surface area contributed by atoms with Crippen molar-refractivity contribution in [3.63, 3.8) is 0 Å². The topological polar surface area (TPSA) is 72.8 Å². The quantitative estimate of drug-likeness (QED) is 0.738. The van der Waals surface area contributed by atoms with Gasteiger partial charge in [0, 0.05) is 0 Å². The van der Waals surface area contributed by atoms with Crippen LogP contribution in [0.25, 0.3) is 0 Å². The standard InChI is InChI=1S/C10H13ClO5/c1-4-16-9(13)5(2)10(14)7(12)6(11)8(10)15-3/h5,14H,4H2,1-3H3. The van der Waals surface area contributed by atoms with Crippen LogP contribution >= 0.6 is 11.6 Å². The number of halogens is 1. The molecule has 2 unspecified atom stereocenters. The van der Waals surface area contributed by atoms with Crippen LogP contribution in [0.4, 0.5) is 0 Å². The number of hydrogen-bond acceptors (Lipinski definition) is 5. The molecule has 0 fully saturated rings. The van der Waals surface area contributed by atoms with E-state index in [0.29, 0.717) is 0 Å². The summed E-state index contributed by atoms with van der Waals surface area (Å²) in [6.07, 6.45) is 0. The summed E-state index contributed by atoms with van der Waals surface area (Å²) in [5.41, 5.74) is -1.99. The Kier molecular flexibility index (Phi) is 3.60. The Labute approximate surface area is 98.0 Å². The van der Waals surface area contributed by atoms with Gasteiger partial charge in [0.15, 0.2) is 5.76 Å². The lowest BCUT2D eigenvalue weighted by molar-refractivity contribution is -0.165. The monoisotopic (exact) mass is 248 g/mol. The Hall–Kier alpha value is -1.07. The summed E-state index contributed by atoms with van der Waals surface area (Å²) in [4.78, 5) is 22.9. The number of Topliss-reactive ketones (excluding diaryl/α,β-unsaturated/α-hetero) is 1. The number of carbonyl (C=O) groups excluding carboxylic acids is 2. The summed E-state index contributed by atoms with van der Waals surface area (Å²) in [7, 11) is 1.27. The van der Waals surface area contributed by atoms with E-state index in [-0.39, 0.29) is 17.4 Å². The van der Waals surface area contributed by atoms with Crippen LogP contribution in [0.15, 0.2) is 10.8 Å². The molecule has 0 aromatic rings. The van der Waals surface area contributed by atoms with Gasteiger partial charge < -0.3 is 14.6 Å². The van der Waals surface area contributed by atoms with Crippen LogP contribution in [0, 0.1) is 5.92 Å². The second-order valence-corrected chi connectivity index (χ2v) is 3.79. The minimum Gasteiger partial charge on any atom is -0.496 e. The second-order valence-electron chi connectivity index (χ2n) is 3.42. The number of esters is 1. The Morgan fingerprint density at radius 2 is 2.19 bits per heavy atom. The Bertz CT molecular complexity index is 362. The zero-order valence-corrected chi connectivity index (χ0v) is 10.00. The fourth-order valence-corrected chi connectivity index (χ4v) is 1.92. The number of hydrogen-bond donors (Lipinski definition) is 1. The van der Waals surface area contributed by atoms with Crippen molar-refractivity contribution in [3.05, 3.63) is 10.8 Å². The molecular weight excluding hydrogens is 236 g/mol. The van der Waals surface area contributed by atoms with Crippen molar-refractivity contribution in [3.8, 4) is 0 Å². The minimum atomic E-state index is -1.99. The highest BCUT2D eigenvalue weighted by Crippen LogP contribution is 2.43. The lowest BCUT2D eigenvalue weighted by Crippen LogP contribution is -2.57. The van der Waals surface area contributed by atoms with Crippen LogP contribution in [0.5, 0.6) is 0 Å². The largest absolute Gasteiger partial charge is 0.496 e. The van der Waals surface area contributed by atoms with Crippen molar-refractivity contribution in [2.75, 3.05) is 13.7 Å². The van der Waals surface area contributed by atoms with Crippen LogP contribution < -0.4 is 0 Å². The number of ketones is 1. The highest BCUT2D eigenvalue weighted by molar-refractivity contribution is 6.48. The molecule has 1 aliphatic carbocycles. The molecule has 16 heavy (non-hydrogen) atoms. The average molecular weight is 249 g/mol. The molecule has 1 rings (SSSR count). The van der Waals surface area contributed by atoms with Crippen LogP contribution in [0.3, 0.4) is 0 Å². The summed E-state index contributed by atoms with van der Waals surface area (Å²) in [5, 5.41) is 9.88. The first-order valence-corrected chi connectivity index (χ1v) is 5.17. The molecule has 0 saturated carbocycles. The van der Waals surface area contributed by atoms with Crippen LogP contribution in [0.2, 0.25) is 0 Å². The van der Waals surface area contributed by atoms with Crippen molar-refractivity contribution in [2.24, 2.45) is 5.92 Å². The van der Waals surface area contributed by atoms with E-state index in [1.165, 1.54) is 14.0 Å². The molecule has 1 N–H and O–H groups in total. The molecule has 90 valence electrons. The first-order chi connectivity index (χ1) is 7.41. The highest BCUT2D eigenvalue weighted by atomic mass is 35.5. The number of ether oxygens (including phenoxy) is 2. The van der Waals surface area contributed by atoms with E-state index in [1.54, 1.807) is 6.92 Å². The molecule has 0 aromatic carbocycles. The maximum Gasteiger partial charge on any atom is 0.312 e. The van der Waals surface area contributed by atoms with E-state index < -0.39 is 23.3 Å². The van der Waals surface area contributed by atoms with Crippen LogP contribution in [-0.4, -0.2) is 36.2 Å². The molecule has 0 saturated heterocycles. The third kappa shape index (κ3) is 1.60. The molecule has 6 heteroatoms. The lowest BCUT2D eigenvalue weighted by atomic mass is 9.75. The van der Waals surface area contributed by atoms with Gasteiger partial charge in [-0.3, -0.25) is 9.59 Å². The van der Waals surface area contributed by atoms with Gasteiger partial charge in [0.2, 0.25) is 11.4 Å². The number of carbonyl (C=O) groups is 2. The molecule has 0 heterocycles. The van der Waals surface area contributed by atoms with E-state index in [2.05, 4.69) is 0 Å². The van der Waals surface area contributed by atoms with Gasteiger partial charge in [0.25, 0.3) is 0 Å². The van der Waals surface area contributed by atoms with Crippen molar-refractivity contribution in [1.82, 2.24) is 0 Å². The first-order valence-electron chi connectivity index (χ1n) is 4.79. The van der Waals surface area contributed by atoms with Gasteiger partial charge in [0.05, 0.1) is 19.6 Å². The summed E-state index contributed by atoms with van der Waals surface area (Å²) in [6, 6.07) is 0. The predicted molar refractivity (Wildman–Crippen MR) is 55.6 cm³/mol. The van der Waals surface area contributed by atoms with Gasteiger partial charge in [-0.1, -0.05) is 11.6 Å². The number of aliphatic hydroxyl groups is 1. The summed E-state index contributed by atoms with van der Waals surface area (Å²) in [5.74, 6) is -2.51. The zero-order valence-electron chi connectivity index (χ0n) is 9.24. The van der Waals surface area contributed by atoms with Gasteiger partial charge in [-0.2, -0.15) is 0 Å². The van der Waals surface area contributed by atoms with Gasteiger partial charge in [-0.25, -0.2) is 0 Å². The highest BCUT2D eigenvalue weighted by Gasteiger charge is 2.60. The van der Waals surface area contributed by atoms with Crippen molar-refractivity contribution >= 4 is 23.4 Å². The molecule has 5 nitrogen and oxygen atoms in total. The fraction of sp³-hybridized carbons (Fsp3) is 0.600. The molecule has 0 aromatic heterocycles. The SMILES string of the molecule is CCOC(=O)C(C)C1(O)C(=O)C(Cl)=C1OC. The minimum absolute atomic E-state index is 0.0836. The zero-order chi connectivity index (χ0) is 12.5. The van der Waals surface area contributed by atoms with E-state index in [4.69, 9.17) is 21.1 Å². The summed E-state index contributed by atoms with van der Waals surface area (Å²) in [6.45, 7) is 3.20. The Morgan fingerprint density at radius 1 is 1.62 bits per heavy atom. The van der Waals surface area contributed by atoms with Crippen molar-refractivity contribution < 1.29 is 24.2 Å². The Balaban J connectivity index is 2.97. The van der Waals surface area contributed by atoms with E-state index >= 15 is 0 Å².